The van der Waals surface area contributed by atoms with Crippen molar-refractivity contribution in [2.45, 2.75) is 58.5 Å². The maximum absolute atomic E-state index is 12.3. The van der Waals surface area contributed by atoms with Crippen molar-refractivity contribution in [2.75, 3.05) is 32.4 Å². The molecule has 1 aromatic carbocycles. The Morgan fingerprint density at radius 3 is 2.50 bits per heavy atom. The van der Waals surface area contributed by atoms with Gasteiger partial charge in [0.25, 0.3) is 0 Å². The van der Waals surface area contributed by atoms with Gasteiger partial charge in [-0.15, -0.1) is 0 Å². The third-order valence-corrected chi connectivity index (χ3v) is 8.03. The molecule has 0 aliphatic carbocycles. The van der Waals surface area contributed by atoms with Gasteiger partial charge in [-0.3, -0.25) is 4.90 Å². The minimum Gasteiger partial charge on any atom is -0.357 e. The lowest BCUT2D eigenvalue weighted by atomic mass is 10.1. The van der Waals surface area contributed by atoms with Crippen LogP contribution in [0.5, 0.6) is 0 Å². The minimum absolute atomic E-state index is 0.167. The van der Waals surface area contributed by atoms with Crippen LogP contribution in [-0.2, 0) is 22.9 Å². The second-order valence-electron chi connectivity index (χ2n) is 8.45. The first kappa shape index (κ1) is 22.7. The van der Waals surface area contributed by atoms with Gasteiger partial charge in [0.05, 0.1) is 17.0 Å². The maximum Gasteiger partial charge on any atom is 0.194 e. The van der Waals surface area contributed by atoms with Crippen LogP contribution in [0.4, 0.5) is 0 Å². The van der Waals surface area contributed by atoms with Crippen LogP contribution < -0.4 is 5.32 Å². The number of hydrogen-bond donors (Lipinski definition) is 1. The molecule has 2 rings (SSSR count). The third kappa shape index (κ3) is 5.47. The lowest BCUT2D eigenvalue weighted by Gasteiger charge is -2.39. The largest absolute Gasteiger partial charge is 0.357 e. The molecule has 0 aromatic heterocycles. The lowest BCUT2D eigenvalue weighted by Crippen LogP contribution is -2.57. The van der Waals surface area contributed by atoms with Crippen molar-refractivity contribution >= 4 is 15.8 Å². The van der Waals surface area contributed by atoms with Crippen LogP contribution in [0.2, 0.25) is 0 Å². The molecule has 1 N–H and O–H groups in total. The van der Waals surface area contributed by atoms with Crippen molar-refractivity contribution < 1.29 is 8.42 Å². The molecule has 1 heterocycles. The van der Waals surface area contributed by atoms with Gasteiger partial charge in [0.15, 0.2) is 15.8 Å². The van der Waals surface area contributed by atoms with E-state index in [1.165, 1.54) is 11.1 Å². The molecular weight excluding hydrogens is 372 g/mol. The first-order chi connectivity index (χ1) is 13.1. The Labute approximate surface area is 170 Å². The molecule has 158 valence electrons. The molecule has 0 atom stereocenters. The van der Waals surface area contributed by atoms with E-state index < -0.39 is 14.6 Å². The van der Waals surface area contributed by atoms with Crippen molar-refractivity contribution in [3.05, 3.63) is 35.4 Å². The number of sulfone groups is 1. The number of rotatable bonds is 6. The molecule has 28 heavy (non-hydrogen) atoms. The van der Waals surface area contributed by atoms with E-state index in [1.54, 1.807) is 13.8 Å². The molecule has 1 saturated heterocycles. The summed E-state index contributed by atoms with van der Waals surface area (Å²) in [5.74, 6) is 0.956. The zero-order chi connectivity index (χ0) is 20.9. The summed E-state index contributed by atoms with van der Waals surface area (Å²) in [5.41, 5.74) is 2.48. The van der Waals surface area contributed by atoms with Gasteiger partial charge < -0.3 is 10.2 Å². The fourth-order valence-electron chi connectivity index (χ4n) is 3.23. The van der Waals surface area contributed by atoms with Gasteiger partial charge in [0.2, 0.25) is 0 Å². The highest BCUT2D eigenvalue weighted by Gasteiger charge is 2.40. The molecule has 0 spiro atoms. The van der Waals surface area contributed by atoms with Gasteiger partial charge in [-0.05, 0) is 52.8 Å². The predicted molar refractivity (Wildman–Crippen MR) is 117 cm³/mol. The topological polar surface area (TPSA) is 65.0 Å². The first-order valence-corrected chi connectivity index (χ1v) is 11.7. The summed E-state index contributed by atoms with van der Waals surface area (Å²) < 4.78 is 23.9. The van der Waals surface area contributed by atoms with E-state index >= 15 is 0 Å². The smallest absolute Gasteiger partial charge is 0.194 e. The molecule has 1 aromatic rings. The molecule has 0 amide bonds. The first-order valence-electron chi connectivity index (χ1n) is 10.1. The highest BCUT2D eigenvalue weighted by Crippen LogP contribution is 2.24. The van der Waals surface area contributed by atoms with Crippen molar-refractivity contribution in [1.29, 1.82) is 0 Å². The quantitative estimate of drug-likeness (QED) is 0.579. The van der Waals surface area contributed by atoms with Crippen molar-refractivity contribution in [1.82, 2.24) is 15.1 Å². The van der Waals surface area contributed by atoms with Crippen molar-refractivity contribution in [3.63, 3.8) is 0 Å². The number of guanidine groups is 1. The molecule has 1 fully saturated rings. The van der Waals surface area contributed by atoms with E-state index in [-0.39, 0.29) is 5.75 Å². The molecule has 6 nitrogen and oxygen atoms in total. The average Bonchev–Trinajstić information content (AvgIpc) is 2.62. The summed E-state index contributed by atoms with van der Waals surface area (Å²) in [7, 11) is -0.938. The van der Waals surface area contributed by atoms with Gasteiger partial charge >= 0.3 is 0 Å². The summed E-state index contributed by atoms with van der Waals surface area (Å²) in [6, 6.07) is 8.88. The SMILES string of the molecule is CCNC(=NCc1ccccc1CN(C)C(C)C)N1CCS(=O)(=O)C(C)(C)C1. The molecule has 1 aliphatic rings. The van der Waals surface area contributed by atoms with E-state index in [4.69, 9.17) is 4.99 Å². The lowest BCUT2D eigenvalue weighted by molar-refractivity contribution is 0.265. The monoisotopic (exact) mass is 408 g/mol. The molecule has 7 heteroatoms. The molecular formula is C21H36N4O2S. The van der Waals surface area contributed by atoms with Crippen molar-refractivity contribution in [2.24, 2.45) is 4.99 Å². The maximum atomic E-state index is 12.3. The number of aliphatic imine (C=N–C) groups is 1. The Kier molecular flexibility index (Phi) is 7.51. The fraction of sp³-hybridized carbons (Fsp3) is 0.667. The van der Waals surface area contributed by atoms with Crippen LogP contribution in [0.15, 0.2) is 29.3 Å². The van der Waals surface area contributed by atoms with Gasteiger partial charge in [0, 0.05) is 32.2 Å². The number of nitrogens with one attached hydrogen (secondary N) is 1. The van der Waals surface area contributed by atoms with Crippen LogP contribution >= 0.6 is 0 Å². The Bertz CT molecular complexity index is 787. The summed E-state index contributed by atoms with van der Waals surface area (Å²) in [6.45, 7) is 13.2. The Morgan fingerprint density at radius 1 is 1.29 bits per heavy atom. The van der Waals surface area contributed by atoms with E-state index in [1.807, 2.05) is 13.0 Å². The third-order valence-electron chi connectivity index (χ3n) is 5.50. The van der Waals surface area contributed by atoms with Gasteiger partial charge in [-0.25, -0.2) is 13.4 Å². The highest BCUT2D eigenvalue weighted by molar-refractivity contribution is 7.92. The molecule has 0 radical (unpaired) electrons. The molecule has 0 bridgehead atoms. The van der Waals surface area contributed by atoms with Crippen LogP contribution in [0.1, 0.15) is 45.7 Å². The van der Waals surface area contributed by atoms with Gasteiger partial charge in [-0.1, -0.05) is 24.3 Å². The van der Waals surface area contributed by atoms with Gasteiger partial charge in [0.1, 0.15) is 0 Å². The summed E-state index contributed by atoms with van der Waals surface area (Å²) in [4.78, 5) is 9.24. The average molecular weight is 409 g/mol. The van der Waals surface area contributed by atoms with E-state index in [2.05, 4.69) is 54.2 Å². The molecule has 1 aliphatic heterocycles. The minimum atomic E-state index is -3.07. The van der Waals surface area contributed by atoms with E-state index in [0.29, 0.717) is 25.7 Å². The second kappa shape index (κ2) is 9.27. The molecule has 0 saturated carbocycles. The van der Waals surface area contributed by atoms with E-state index in [9.17, 15) is 8.42 Å². The Hall–Kier alpha value is -1.60. The second-order valence-corrected chi connectivity index (χ2v) is 11.2. The zero-order valence-electron chi connectivity index (χ0n) is 18.2. The van der Waals surface area contributed by atoms with Crippen LogP contribution in [0.25, 0.3) is 0 Å². The van der Waals surface area contributed by atoms with Crippen molar-refractivity contribution in [3.8, 4) is 0 Å². The summed E-state index contributed by atoms with van der Waals surface area (Å²) >= 11 is 0. The number of nitrogens with zero attached hydrogens (tertiary/aromatic N) is 3. The van der Waals surface area contributed by atoms with Crippen LogP contribution in [0, 0.1) is 0 Å². The highest BCUT2D eigenvalue weighted by atomic mass is 32.2. The standard InChI is InChI=1S/C21H36N4O2S/c1-7-22-20(25-12-13-28(26,27)21(4,5)16-25)23-14-18-10-8-9-11-19(18)15-24(6)17(2)3/h8-11,17H,7,12-16H2,1-6H3,(H,22,23). The normalized spacial score (nSPS) is 19.3. The fourth-order valence-corrected chi connectivity index (χ4v) is 4.59. The van der Waals surface area contributed by atoms with Crippen LogP contribution in [0.3, 0.4) is 0 Å². The number of hydrogen-bond acceptors (Lipinski definition) is 4. The number of benzene rings is 1. The predicted octanol–water partition coefficient (Wildman–Crippen LogP) is 2.50. The zero-order valence-corrected chi connectivity index (χ0v) is 19.0. The van der Waals surface area contributed by atoms with Gasteiger partial charge in [-0.2, -0.15) is 0 Å². The van der Waals surface area contributed by atoms with E-state index in [0.717, 1.165) is 19.0 Å². The Morgan fingerprint density at radius 2 is 1.93 bits per heavy atom. The molecule has 0 unspecified atom stereocenters. The Balaban J connectivity index is 2.20. The van der Waals surface area contributed by atoms with Crippen LogP contribution in [-0.4, -0.2) is 67.4 Å². The summed E-state index contributed by atoms with van der Waals surface area (Å²) in [6.07, 6.45) is 0. The summed E-state index contributed by atoms with van der Waals surface area (Å²) in [5, 5.41) is 3.34.